The summed E-state index contributed by atoms with van der Waals surface area (Å²) in [6.45, 7) is 2.74. The van der Waals surface area contributed by atoms with Crippen molar-refractivity contribution in [1.29, 1.82) is 0 Å². The zero-order valence-corrected chi connectivity index (χ0v) is 20.1. The summed E-state index contributed by atoms with van der Waals surface area (Å²) in [6, 6.07) is 21.4. The zero-order valence-electron chi connectivity index (χ0n) is 20.1. The van der Waals surface area contributed by atoms with Crippen LogP contribution in [0.5, 0.6) is 0 Å². The van der Waals surface area contributed by atoms with Gasteiger partial charge in [-0.2, -0.15) is 0 Å². The van der Waals surface area contributed by atoms with Crippen molar-refractivity contribution in [3.05, 3.63) is 71.8 Å². The van der Waals surface area contributed by atoms with Gasteiger partial charge in [-0.15, -0.1) is 0 Å². The fourth-order valence-electron chi connectivity index (χ4n) is 7.55. The highest BCUT2D eigenvalue weighted by Gasteiger charge is 2.67. The highest BCUT2D eigenvalue weighted by molar-refractivity contribution is 5.92. The third kappa shape index (κ3) is 3.90. The first-order chi connectivity index (χ1) is 16.7. The molecule has 0 aromatic heterocycles. The molecule has 4 nitrogen and oxygen atoms in total. The lowest BCUT2D eigenvalue weighted by Gasteiger charge is -2.51. The molecule has 2 aromatic rings. The molecule has 4 bridgehead atoms. The van der Waals surface area contributed by atoms with Gasteiger partial charge in [0.25, 0.3) is 0 Å². The van der Waals surface area contributed by atoms with Crippen molar-refractivity contribution in [2.24, 2.45) is 28.7 Å². The van der Waals surface area contributed by atoms with Crippen LogP contribution in [-0.2, 0) is 17.8 Å². The first kappa shape index (κ1) is 22.0. The molecule has 4 heteroatoms. The summed E-state index contributed by atoms with van der Waals surface area (Å²) in [5, 5.41) is 3.32. The van der Waals surface area contributed by atoms with Crippen LogP contribution in [-0.4, -0.2) is 41.7 Å². The van der Waals surface area contributed by atoms with Crippen LogP contribution in [0.15, 0.2) is 65.7 Å². The highest BCUT2D eigenvalue weighted by Crippen LogP contribution is 2.55. The SMILES string of the molecule is O=C(NCc1ccccc1)[C@]12N=C[C@@H]3C[C@H]1CN(CC1CCCCC1)[C@H]2[C@@H]3Cc1ccccc1. The van der Waals surface area contributed by atoms with Crippen molar-refractivity contribution in [2.45, 2.75) is 63.1 Å². The Kier molecular flexibility index (Phi) is 6.02. The molecule has 3 fully saturated rings. The number of nitrogens with one attached hydrogen (secondary N) is 1. The number of amides is 1. The largest absolute Gasteiger partial charge is 0.350 e. The molecule has 3 aliphatic heterocycles. The molecule has 7 rings (SSSR count). The Morgan fingerprint density at radius 3 is 2.41 bits per heavy atom. The summed E-state index contributed by atoms with van der Waals surface area (Å²) < 4.78 is 0. The maximum absolute atomic E-state index is 14.0. The summed E-state index contributed by atoms with van der Waals surface area (Å²) in [7, 11) is 0. The summed E-state index contributed by atoms with van der Waals surface area (Å²) >= 11 is 0. The smallest absolute Gasteiger partial charge is 0.250 e. The van der Waals surface area contributed by atoms with Gasteiger partial charge in [0.1, 0.15) is 0 Å². The van der Waals surface area contributed by atoms with Crippen LogP contribution in [0.2, 0.25) is 0 Å². The molecule has 5 atom stereocenters. The minimum absolute atomic E-state index is 0.143. The van der Waals surface area contributed by atoms with Gasteiger partial charge in [0.05, 0.1) is 0 Å². The van der Waals surface area contributed by atoms with E-state index in [9.17, 15) is 4.79 Å². The van der Waals surface area contributed by atoms with Crippen LogP contribution in [0, 0.1) is 23.7 Å². The van der Waals surface area contributed by atoms with Gasteiger partial charge in [-0.25, -0.2) is 0 Å². The minimum atomic E-state index is -0.627. The molecule has 0 radical (unpaired) electrons. The third-order valence-electron chi connectivity index (χ3n) is 9.10. The summed E-state index contributed by atoms with van der Waals surface area (Å²) in [6.07, 6.45) is 11.1. The number of likely N-dealkylation sites (tertiary alicyclic amines) is 1. The average Bonchev–Trinajstić information content (AvgIpc) is 3.15. The van der Waals surface area contributed by atoms with E-state index >= 15 is 0 Å². The maximum Gasteiger partial charge on any atom is 0.250 e. The molecule has 0 unspecified atom stereocenters. The van der Waals surface area contributed by atoms with Crippen molar-refractivity contribution in [1.82, 2.24) is 10.2 Å². The Labute approximate surface area is 203 Å². The molecule has 2 saturated carbocycles. The van der Waals surface area contributed by atoms with Gasteiger partial charge in [0, 0.05) is 37.8 Å². The second-order valence-corrected chi connectivity index (χ2v) is 11.1. The van der Waals surface area contributed by atoms with E-state index in [-0.39, 0.29) is 11.9 Å². The van der Waals surface area contributed by atoms with Crippen LogP contribution in [0.3, 0.4) is 0 Å². The van der Waals surface area contributed by atoms with E-state index in [4.69, 9.17) is 4.99 Å². The zero-order chi connectivity index (χ0) is 23.0. The minimum Gasteiger partial charge on any atom is -0.350 e. The Morgan fingerprint density at radius 1 is 0.971 bits per heavy atom. The lowest BCUT2D eigenvalue weighted by atomic mass is 9.59. The van der Waals surface area contributed by atoms with Crippen LogP contribution < -0.4 is 5.32 Å². The lowest BCUT2D eigenvalue weighted by molar-refractivity contribution is -0.132. The molecule has 2 aromatic carbocycles. The Morgan fingerprint density at radius 2 is 1.68 bits per heavy atom. The van der Waals surface area contributed by atoms with E-state index in [0.29, 0.717) is 24.3 Å². The van der Waals surface area contributed by atoms with E-state index in [1.54, 1.807) is 0 Å². The van der Waals surface area contributed by atoms with E-state index in [1.807, 2.05) is 18.2 Å². The van der Waals surface area contributed by atoms with Crippen LogP contribution in [0.25, 0.3) is 0 Å². The first-order valence-electron chi connectivity index (χ1n) is 13.4. The van der Waals surface area contributed by atoms with Crippen molar-refractivity contribution in [2.75, 3.05) is 13.1 Å². The lowest BCUT2D eigenvalue weighted by Crippen LogP contribution is -2.66. The van der Waals surface area contributed by atoms with Crippen LogP contribution in [0.1, 0.15) is 49.7 Å². The van der Waals surface area contributed by atoms with Gasteiger partial charge < -0.3 is 5.32 Å². The van der Waals surface area contributed by atoms with Crippen molar-refractivity contribution in [3.8, 4) is 0 Å². The fourth-order valence-corrected chi connectivity index (χ4v) is 7.55. The Balaban J connectivity index is 1.30. The maximum atomic E-state index is 14.0. The van der Waals surface area contributed by atoms with E-state index in [2.05, 4.69) is 58.9 Å². The molecule has 2 aliphatic carbocycles. The summed E-state index contributed by atoms with van der Waals surface area (Å²) in [5.74, 6) is 2.18. The number of carbonyl (C=O) groups is 1. The normalized spacial score (nSPS) is 32.7. The third-order valence-corrected chi connectivity index (χ3v) is 9.10. The van der Waals surface area contributed by atoms with E-state index in [1.165, 1.54) is 37.7 Å². The van der Waals surface area contributed by atoms with Gasteiger partial charge in [-0.05, 0) is 54.6 Å². The molecule has 0 spiro atoms. The monoisotopic (exact) mass is 455 g/mol. The van der Waals surface area contributed by atoms with Gasteiger partial charge in [-0.3, -0.25) is 14.7 Å². The number of carbonyl (C=O) groups excluding carboxylic acids is 1. The molecule has 34 heavy (non-hydrogen) atoms. The van der Waals surface area contributed by atoms with E-state index in [0.717, 1.165) is 37.4 Å². The molecule has 1 amide bonds. The Bertz CT molecular complexity index is 1020. The first-order valence-corrected chi connectivity index (χ1v) is 13.4. The van der Waals surface area contributed by atoms with Gasteiger partial charge in [0.15, 0.2) is 5.54 Å². The number of rotatable bonds is 7. The standard InChI is InChI=1S/C30H37N3O/c34-29(31-18-23-12-6-2-7-13-23)30-26-17-25(19-32-30)27(16-22-10-4-1-5-11-22)28(30)33(21-26)20-24-14-8-3-9-15-24/h1-2,4-7,10-13,19,24-28H,3,8-9,14-18,20-21H2,(H,31,34)/t25-,26-,27+,28-,30-/m0/s1. The van der Waals surface area contributed by atoms with E-state index < -0.39 is 5.54 Å². The topological polar surface area (TPSA) is 44.7 Å². The molecular formula is C30H37N3O. The highest BCUT2D eigenvalue weighted by atomic mass is 16.2. The van der Waals surface area contributed by atoms with Gasteiger partial charge >= 0.3 is 0 Å². The number of benzene rings is 2. The molecular weight excluding hydrogens is 418 g/mol. The van der Waals surface area contributed by atoms with Crippen molar-refractivity contribution >= 4 is 12.1 Å². The van der Waals surface area contributed by atoms with Crippen molar-refractivity contribution < 1.29 is 4.79 Å². The van der Waals surface area contributed by atoms with Crippen LogP contribution in [0.4, 0.5) is 0 Å². The number of nitrogens with zero attached hydrogens (tertiary/aromatic N) is 2. The molecule has 5 aliphatic rings. The second kappa shape index (κ2) is 9.30. The average molecular weight is 456 g/mol. The predicted molar refractivity (Wildman–Crippen MR) is 137 cm³/mol. The van der Waals surface area contributed by atoms with Crippen molar-refractivity contribution in [3.63, 3.8) is 0 Å². The fraction of sp³-hybridized carbons (Fsp3) is 0.533. The van der Waals surface area contributed by atoms with Crippen LogP contribution >= 0.6 is 0 Å². The van der Waals surface area contributed by atoms with Gasteiger partial charge in [-0.1, -0.05) is 79.9 Å². The molecule has 1 N–H and O–H groups in total. The Hall–Kier alpha value is -2.46. The molecule has 3 heterocycles. The summed E-state index contributed by atoms with van der Waals surface area (Å²) in [5.41, 5.74) is 1.90. The number of hydrogen-bond acceptors (Lipinski definition) is 3. The number of aliphatic imine (C=N–C) groups is 1. The summed E-state index contributed by atoms with van der Waals surface area (Å²) in [4.78, 5) is 21.8. The quantitative estimate of drug-likeness (QED) is 0.646. The van der Waals surface area contributed by atoms with Gasteiger partial charge in [0.2, 0.25) is 5.91 Å². The molecule has 178 valence electrons. The molecule has 1 saturated heterocycles. The predicted octanol–water partition coefficient (Wildman–Crippen LogP) is 4.89. The number of hydrogen-bond donors (Lipinski definition) is 1. The second-order valence-electron chi connectivity index (χ2n) is 11.1.